The van der Waals surface area contributed by atoms with Gasteiger partial charge in [0.25, 0.3) is 0 Å². The first-order valence-corrected chi connectivity index (χ1v) is 11.7. The van der Waals surface area contributed by atoms with Crippen molar-refractivity contribution >= 4 is 84.7 Å². The van der Waals surface area contributed by atoms with Crippen LogP contribution in [0.2, 0.25) is 0 Å². The third-order valence-corrected chi connectivity index (χ3v) is 7.53. The quantitative estimate of drug-likeness (QED) is 0.251. The number of benzene rings is 5. The first-order valence-electron chi connectivity index (χ1n) is 10.7. The summed E-state index contributed by atoms with van der Waals surface area (Å²) in [6.45, 7) is 0. The molecule has 0 nitrogen and oxygen atoms in total. The van der Waals surface area contributed by atoms with E-state index >= 15 is 0 Å². The van der Waals surface area contributed by atoms with Gasteiger partial charge in [0.1, 0.15) is 0 Å². The van der Waals surface area contributed by atoms with Crippen LogP contribution in [0.5, 0.6) is 0 Å². The molecule has 0 fully saturated rings. The Bertz CT molecular complexity index is 1670. The van der Waals surface area contributed by atoms with E-state index in [9.17, 15) is 0 Å². The average Bonchev–Trinajstić information content (AvgIpc) is 2.85. The predicted octanol–water partition coefficient (Wildman–Crippen LogP) is 6.16. The zero-order chi connectivity index (χ0) is 21.7. The Morgan fingerprint density at radius 2 is 0.594 bits per heavy atom. The number of hydrogen-bond donors (Lipinski definition) is 0. The van der Waals surface area contributed by atoms with Crippen molar-refractivity contribution in [2.45, 2.75) is 0 Å². The summed E-state index contributed by atoms with van der Waals surface area (Å²) in [5.74, 6) is 0. The molecule has 146 valence electrons. The van der Waals surface area contributed by atoms with Crippen LogP contribution in [-0.4, -0.2) is 20.5 Å². The van der Waals surface area contributed by atoms with E-state index in [4.69, 9.17) is 0 Å². The topological polar surface area (TPSA) is 0 Å². The Labute approximate surface area is 193 Å². The molecule has 0 heterocycles. The highest BCUT2D eigenvalue weighted by Crippen LogP contribution is 2.34. The van der Waals surface area contributed by atoms with E-state index in [1.165, 1.54) is 53.9 Å². The zero-order valence-electron chi connectivity index (χ0n) is 17.4. The van der Waals surface area contributed by atoms with Crippen molar-refractivity contribution < 1.29 is 0 Å². The second-order valence-electron chi connectivity index (χ2n) is 8.09. The molecule has 0 saturated heterocycles. The minimum atomic E-state index is 1.04. The molecule has 6 aromatic carbocycles. The molecule has 0 aromatic heterocycles. The van der Waals surface area contributed by atoms with Crippen LogP contribution in [0.4, 0.5) is 0 Å². The molecule has 0 atom stereocenters. The largest absolute Gasteiger partial charge is 0.0718 e. The number of hydrogen-bond acceptors (Lipinski definition) is 0. The molecule has 0 unspecified atom stereocenters. The maximum Gasteiger partial charge on any atom is 0.0718 e. The summed E-state index contributed by atoms with van der Waals surface area (Å²) in [7, 11) is 7.79. The van der Waals surface area contributed by atoms with Crippen LogP contribution in [0.15, 0.2) is 109 Å². The average molecular weight is 435 g/mol. The summed E-state index contributed by atoms with van der Waals surface area (Å²) in [5.41, 5.74) is 0. The van der Waals surface area contributed by atoms with Gasteiger partial charge in [-0.15, -0.1) is 0 Å². The first-order chi connectivity index (χ1) is 15.7. The van der Waals surface area contributed by atoms with E-state index < -0.39 is 0 Å². The van der Waals surface area contributed by atoms with Crippen LogP contribution in [0.1, 0.15) is 0 Å². The molecule has 0 amide bonds. The lowest BCUT2D eigenvalue weighted by Gasteiger charge is -2.12. The Morgan fingerprint density at radius 3 is 0.969 bits per heavy atom. The third kappa shape index (κ3) is 2.88. The van der Waals surface area contributed by atoms with E-state index in [1.807, 2.05) is 0 Å². The summed E-state index contributed by atoms with van der Waals surface area (Å²) < 4.78 is 0. The van der Waals surface area contributed by atoms with Crippen LogP contribution < -0.4 is 10.4 Å². The second kappa shape index (κ2) is 7.59. The van der Waals surface area contributed by atoms with Gasteiger partial charge in [-0.05, 0) is 53.9 Å². The normalized spacial score (nSPS) is 11.4. The molecule has 0 spiro atoms. The SMILES string of the molecule is [Si]c1ccc2c3ccccc3c3ccccc3c3ccccc3c3ccccc3c2c1[Si]. The third-order valence-electron chi connectivity index (χ3n) is 6.34. The molecular formula is C30H18Si2. The highest BCUT2D eigenvalue weighted by Gasteiger charge is 2.10. The molecule has 32 heavy (non-hydrogen) atoms. The zero-order valence-corrected chi connectivity index (χ0v) is 19.4. The highest BCUT2D eigenvalue weighted by atomic mass is 28.2. The molecule has 0 aliphatic carbocycles. The van der Waals surface area contributed by atoms with E-state index in [-0.39, 0.29) is 0 Å². The van der Waals surface area contributed by atoms with Crippen molar-refractivity contribution in [3.63, 3.8) is 0 Å². The Morgan fingerprint density at radius 1 is 0.312 bits per heavy atom. The summed E-state index contributed by atoms with van der Waals surface area (Å²) in [6.07, 6.45) is 0. The second-order valence-corrected chi connectivity index (χ2v) is 9.13. The van der Waals surface area contributed by atoms with Gasteiger partial charge >= 0.3 is 0 Å². The van der Waals surface area contributed by atoms with Crippen LogP contribution in [-0.2, 0) is 0 Å². The minimum Gasteiger partial charge on any atom is -0.0682 e. The van der Waals surface area contributed by atoms with E-state index in [0.717, 1.165) is 10.4 Å². The van der Waals surface area contributed by atoms with Crippen LogP contribution >= 0.6 is 0 Å². The number of rotatable bonds is 0. The fourth-order valence-electron chi connectivity index (χ4n) is 4.90. The monoisotopic (exact) mass is 434 g/mol. The summed E-state index contributed by atoms with van der Waals surface area (Å²) in [6, 6.07) is 39.3. The minimum absolute atomic E-state index is 1.04. The van der Waals surface area contributed by atoms with Crippen molar-refractivity contribution in [3.8, 4) is 0 Å². The van der Waals surface area contributed by atoms with Crippen LogP contribution in [0.25, 0.3) is 53.9 Å². The smallest absolute Gasteiger partial charge is 0.0682 e. The fourth-order valence-corrected chi connectivity index (χ4v) is 5.46. The van der Waals surface area contributed by atoms with Crippen molar-refractivity contribution in [2.75, 3.05) is 0 Å². The number of fused-ring (bicyclic) bond motifs is 10. The Hall–Kier alpha value is -3.47. The molecule has 6 rings (SSSR count). The van der Waals surface area contributed by atoms with E-state index in [2.05, 4.69) is 130 Å². The van der Waals surface area contributed by atoms with Gasteiger partial charge in [-0.2, -0.15) is 0 Å². The predicted molar refractivity (Wildman–Crippen MR) is 142 cm³/mol. The van der Waals surface area contributed by atoms with Crippen molar-refractivity contribution in [2.24, 2.45) is 0 Å². The molecule has 0 bridgehead atoms. The van der Waals surface area contributed by atoms with Gasteiger partial charge in [0.2, 0.25) is 0 Å². The molecule has 2 heteroatoms. The maximum absolute atomic E-state index is 3.98. The molecule has 0 saturated carbocycles. The van der Waals surface area contributed by atoms with Gasteiger partial charge in [-0.3, -0.25) is 0 Å². The lowest BCUT2D eigenvalue weighted by atomic mass is 9.94. The van der Waals surface area contributed by atoms with Gasteiger partial charge in [-0.1, -0.05) is 120 Å². The standard InChI is InChI=1S/C30H18Si2/c31-28-18-17-27-25-15-6-5-13-23(25)21-11-2-1-9-19(21)20-10-3-4-12-22(20)24-14-7-8-16-26(24)29(27)30(28)32/h1-18H. The Kier molecular flexibility index (Phi) is 4.56. The van der Waals surface area contributed by atoms with Gasteiger partial charge in [0, 0.05) is 0 Å². The highest BCUT2D eigenvalue weighted by molar-refractivity contribution is 6.54. The fraction of sp³-hybridized carbons (Fsp3) is 0. The van der Waals surface area contributed by atoms with E-state index in [1.54, 1.807) is 0 Å². The molecule has 6 aromatic rings. The van der Waals surface area contributed by atoms with Crippen LogP contribution in [0, 0.1) is 0 Å². The first kappa shape index (κ1) is 19.2. The lowest BCUT2D eigenvalue weighted by Crippen LogP contribution is -2.25. The molecule has 0 aliphatic heterocycles. The molecule has 0 aliphatic rings. The molecule has 0 N–H and O–H groups in total. The lowest BCUT2D eigenvalue weighted by molar-refractivity contribution is 1.78. The van der Waals surface area contributed by atoms with E-state index in [0.29, 0.717) is 0 Å². The maximum atomic E-state index is 3.98. The van der Waals surface area contributed by atoms with Crippen molar-refractivity contribution in [3.05, 3.63) is 109 Å². The van der Waals surface area contributed by atoms with Gasteiger partial charge in [0.15, 0.2) is 0 Å². The van der Waals surface area contributed by atoms with Gasteiger partial charge < -0.3 is 0 Å². The summed E-state index contributed by atoms with van der Waals surface area (Å²) in [4.78, 5) is 0. The summed E-state index contributed by atoms with van der Waals surface area (Å²) >= 11 is 0. The van der Waals surface area contributed by atoms with Gasteiger partial charge in [0.05, 0.1) is 20.5 Å². The Balaban J connectivity index is 2.15. The van der Waals surface area contributed by atoms with Crippen LogP contribution in [0.3, 0.4) is 0 Å². The summed E-state index contributed by atoms with van der Waals surface area (Å²) in [5, 5.41) is 14.4. The molecule has 6 radical (unpaired) electrons. The van der Waals surface area contributed by atoms with Crippen molar-refractivity contribution in [1.29, 1.82) is 0 Å². The van der Waals surface area contributed by atoms with Gasteiger partial charge in [-0.25, -0.2) is 0 Å². The molecular weight excluding hydrogens is 417 g/mol. The van der Waals surface area contributed by atoms with Crippen molar-refractivity contribution in [1.82, 2.24) is 0 Å².